The summed E-state index contributed by atoms with van der Waals surface area (Å²) >= 11 is 6.61. The lowest BCUT2D eigenvalue weighted by molar-refractivity contribution is -0.192. The summed E-state index contributed by atoms with van der Waals surface area (Å²) in [5.74, 6) is -2.17. The smallest absolute Gasteiger partial charge is 0.475 e. The second-order valence-electron chi connectivity index (χ2n) is 9.98. The number of nitrogen functional groups attached to an aromatic ring is 1. The van der Waals surface area contributed by atoms with Crippen LogP contribution in [0.15, 0.2) is 37.1 Å². The lowest BCUT2D eigenvalue weighted by Crippen LogP contribution is -2.47. The molecular weight excluding hydrogens is 599 g/mol. The lowest BCUT2D eigenvalue weighted by atomic mass is 9.91. The lowest BCUT2D eigenvalue weighted by Gasteiger charge is -2.39. The Morgan fingerprint density at radius 2 is 2.00 bits per heavy atom. The minimum atomic E-state index is -5.08. The number of hydrogen-bond donors (Lipinski definition) is 4. The van der Waals surface area contributed by atoms with E-state index >= 15 is 0 Å². The zero-order valence-corrected chi connectivity index (χ0v) is 23.2. The molecular formula is C25H25ClF3N9O5. The molecule has 2 saturated heterocycles. The normalized spacial score (nSPS) is 16.9. The summed E-state index contributed by atoms with van der Waals surface area (Å²) in [5, 5.41) is 17.6. The second kappa shape index (κ2) is 11.1. The molecule has 1 unspecified atom stereocenters. The third-order valence-corrected chi connectivity index (χ3v) is 7.50. The summed E-state index contributed by atoms with van der Waals surface area (Å²) in [6.45, 7) is 3.71. The first-order chi connectivity index (χ1) is 20.3. The third-order valence-electron chi connectivity index (χ3n) is 7.20. The Kier molecular flexibility index (Phi) is 7.68. The Hall–Kier alpha value is -4.80. The number of anilines is 2. The number of halogens is 4. The summed E-state index contributed by atoms with van der Waals surface area (Å²) in [7, 11) is 0. The van der Waals surface area contributed by atoms with Crippen molar-refractivity contribution in [2.24, 2.45) is 0 Å². The maximum Gasteiger partial charge on any atom is 0.490 e. The van der Waals surface area contributed by atoms with E-state index in [0.717, 1.165) is 16.9 Å². The Morgan fingerprint density at radius 1 is 1.30 bits per heavy atom. The Morgan fingerprint density at radius 3 is 2.63 bits per heavy atom. The number of alkyl carbamates (subject to hydrolysis) is 1. The van der Waals surface area contributed by atoms with Gasteiger partial charge in [-0.15, -0.1) is 5.10 Å². The van der Waals surface area contributed by atoms with Gasteiger partial charge in [0.1, 0.15) is 23.3 Å². The maximum absolute atomic E-state index is 13.3. The molecule has 18 heteroatoms. The number of imidazole rings is 1. The Labute approximate surface area is 245 Å². The van der Waals surface area contributed by atoms with Crippen molar-refractivity contribution < 1.29 is 37.4 Å². The highest BCUT2D eigenvalue weighted by Gasteiger charge is 2.43. The van der Waals surface area contributed by atoms with Gasteiger partial charge >= 0.3 is 18.2 Å². The fourth-order valence-electron chi connectivity index (χ4n) is 5.08. The van der Waals surface area contributed by atoms with Crippen molar-refractivity contribution in [3.63, 3.8) is 0 Å². The van der Waals surface area contributed by atoms with Crippen LogP contribution in [0.25, 0.3) is 11.2 Å². The molecule has 1 atom stereocenters. The number of nitrogens with zero attached hydrogens (tertiary/aromatic N) is 6. The summed E-state index contributed by atoms with van der Waals surface area (Å²) in [4.78, 5) is 44.6. The molecule has 4 aromatic heterocycles. The molecule has 0 radical (unpaired) electrons. The number of carbonyl (C=O) groups is 3. The van der Waals surface area contributed by atoms with Gasteiger partial charge < -0.3 is 31.1 Å². The number of carbonyl (C=O) groups excluding carboxylic acids is 2. The molecule has 2 aliphatic rings. The SMILES string of the molecule is CC(NC(=O)c1c(N)nn2cccnc12)c1cc(Cl)c2cncn2c1N1CCC2(CC1)CNC(=O)O2.O=C(O)C(F)(F)F. The first kappa shape index (κ1) is 29.7. The first-order valence-corrected chi connectivity index (χ1v) is 13.2. The van der Waals surface area contributed by atoms with Crippen LogP contribution in [0.5, 0.6) is 0 Å². The molecule has 2 amide bonds. The predicted molar refractivity (Wildman–Crippen MR) is 146 cm³/mol. The third kappa shape index (κ3) is 5.79. The van der Waals surface area contributed by atoms with E-state index in [4.69, 9.17) is 32.0 Å². The highest BCUT2D eigenvalue weighted by atomic mass is 35.5. The average molecular weight is 624 g/mol. The zero-order chi connectivity index (χ0) is 31.1. The Balaban J connectivity index is 0.000000472. The van der Waals surface area contributed by atoms with Crippen molar-refractivity contribution in [2.75, 3.05) is 30.3 Å². The molecule has 2 fully saturated rings. The number of piperidine rings is 1. The molecule has 0 bridgehead atoms. The predicted octanol–water partition coefficient (Wildman–Crippen LogP) is 2.82. The van der Waals surface area contributed by atoms with Gasteiger partial charge in [0, 0.05) is 43.9 Å². The van der Waals surface area contributed by atoms with Crippen LogP contribution in [-0.4, -0.2) is 78.5 Å². The van der Waals surface area contributed by atoms with Crippen molar-refractivity contribution in [1.82, 2.24) is 34.6 Å². The van der Waals surface area contributed by atoms with E-state index in [2.05, 4.69) is 30.6 Å². The molecule has 0 aromatic carbocycles. The van der Waals surface area contributed by atoms with Gasteiger partial charge in [0.25, 0.3) is 5.91 Å². The van der Waals surface area contributed by atoms with E-state index in [-0.39, 0.29) is 23.4 Å². The van der Waals surface area contributed by atoms with Crippen LogP contribution in [-0.2, 0) is 9.53 Å². The number of amides is 2. The molecule has 2 aliphatic heterocycles. The van der Waals surface area contributed by atoms with E-state index in [0.29, 0.717) is 43.1 Å². The van der Waals surface area contributed by atoms with Crippen LogP contribution in [0.3, 0.4) is 0 Å². The molecule has 5 N–H and O–H groups in total. The summed E-state index contributed by atoms with van der Waals surface area (Å²) in [6.07, 6.45) is 2.59. The van der Waals surface area contributed by atoms with Crippen LogP contribution < -0.4 is 21.3 Å². The number of ether oxygens (including phenoxy) is 1. The van der Waals surface area contributed by atoms with Gasteiger partial charge in [-0.1, -0.05) is 11.6 Å². The van der Waals surface area contributed by atoms with Crippen molar-refractivity contribution in [3.8, 4) is 0 Å². The van der Waals surface area contributed by atoms with Crippen LogP contribution in [0, 0.1) is 0 Å². The molecule has 14 nitrogen and oxygen atoms in total. The van der Waals surface area contributed by atoms with Gasteiger partial charge in [0.15, 0.2) is 11.5 Å². The number of nitrogens with two attached hydrogens (primary N) is 1. The minimum absolute atomic E-state index is 0.0998. The number of alkyl halides is 3. The molecule has 1 spiro atoms. The van der Waals surface area contributed by atoms with Crippen molar-refractivity contribution in [1.29, 1.82) is 0 Å². The van der Waals surface area contributed by atoms with Gasteiger partial charge in [0.05, 0.1) is 29.3 Å². The highest BCUT2D eigenvalue weighted by Crippen LogP contribution is 2.37. The topological polar surface area (TPSA) is 181 Å². The zero-order valence-electron chi connectivity index (χ0n) is 22.4. The summed E-state index contributed by atoms with van der Waals surface area (Å²) in [5.41, 5.74) is 7.74. The number of carboxylic acids is 1. The molecule has 0 saturated carbocycles. The molecule has 0 aliphatic carbocycles. The number of hydrogen-bond acceptors (Lipinski definition) is 9. The number of nitrogens with one attached hydrogen (secondary N) is 2. The molecule has 43 heavy (non-hydrogen) atoms. The number of aromatic nitrogens is 5. The van der Waals surface area contributed by atoms with E-state index in [1.54, 1.807) is 31.0 Å². The summed E-state index contributed by atoms with van der Waals surface area (Å²) in [6, 6.07) is 3.14. The number of carboxylic acid groups (broad SMARTS) is 1. The fraction of sp³-hybridized carbons (Fsp3) is 0.360. The van der Waals surface area contributed by atoms with E-state index in [1.165, 1.54) is 4.52 Å². The van der Waals surface area contributed by atoms with Gasteiger partial charge in [0.2, 0.25) is 0 Å². The van der Waals surface area contributed by atoms with Crippen molar-refractivity contribution >= 4 is 52.4 Å². The van der Waals surface area contributed by atoms with Crippen molar-refractivity contribution in [2.45, 2.75) is 37.6 Å². The summed E-state index contributed by atoms with van der Waals surface area (Å²) < 4.78 is 40.7. The minimum Gasteiger partial charge on any atom is -0.475 e. The number of aliphatic carboxylic acids is 1. The van der Waals surface area contributed by atoms with Gasteiger partial charge in [-0.05, 0) is 19.1 Å². The van der Waals surface area contributed by atoms with Crippen LogP contribution >= 0.6 is 11.6 Å². The molecule has 6 rings (SSSR count). The van der Waals surface area contributed by atoms with Gasteiger partial charge in [-0.25, -0.2) is 24.1 Å². The van der Waals surface area contributed by atoms with Gasteiger partial charge in [-0.2, -0.15) is 13.2 Å². The van der Waals surface area contributed by atoms with E-state index < -0.39 is 23.8 Å². The van der Waals surface area contributed by atoms with E-state index in [9.17, 15) is 22.8 Å². The average Bonchev–Trinajstić information content (AvgIpc) is 3.66. The van der Waals surface area contributed by atoms with Crippen LogP contribution in [0.4, 0.5) is 29.6 Å². The second-order valence-corrected chi connectivity index (χ2v) is 10.4. The van der Waals surface area contributed by atoms with E-state index in [1.807, 2.05) is 17.4 Å². The number of fused-ring (bicyclic) bond motifs is 2. The highest BCUT2D eigenvalue weighted by molar-refractivity contribution is 6.34. The first-order valence-electron chi connectivity index (χ1n) is 12.9. The largest absolute Gasteiger partial charge is 0.490 e. The van der Waals surface area contributed by atoms with Crippen molar-refractivity contribution in [3.05, 3.63) is 53.2 Å². The molecule has 228 valence electrons. The number of pyridine rings is 1. The maximum atomic E-state index is 13.3. The number of rotatable bonds is 4. The quantitative estimate of drug-likeness (QED) is 0.264. The molecule has 4 aromatic rings. The standard InChI is InChI=1S/C23H24ClN9O3.C2HF3O2/c1-13(29-20(34)17-18(25)30-33-6-2-5-27-19(17)33)14-9-15(24)16-10-26-12-32(16)21(14)31-7-3-23(4-8-31)11-28-22(35)36-23;3-2(4,5)1(6)7/h2,5-6,9-10,12-13H,3-4,7-8,11H2,1H3,(H2,25,30)(H,28,35)(H,29,34);(H,6,7). The van der Waals surface area contributed by atoms with Crippen LogP contribution in [0.2, 0.25) is 5.02 Å². The monoisotopic (exact) mass is 623 g/mol. The molecule has 6 heterocycles. The fourth-order valence-corrected chi connectivity index (χ4v) is 5.34. The van der Waals surface area contributed by atoms with Crippen LogP contribution in [0.1, 0.15) is 41.7 Å². The Bertz CT molecular complexity index is 1720. The van der Waals surface area contributed by atoms with Gasteiger partial charge in [-0.3, -0.25) is 9.20 Å².